The standard InChI is InChI=1S/C22H25NO4/c1-2-26-22(25)19-12-14-23(15-13-19)21(24)18-10-8-17(9-11-18)16-27-20-6-4-3-5-7-20/h3-11,19H,2,12-16H2,1H3. The molecule has 5 heteroatoms. The fourth-order valence-electron chi connectivity index (χ4n) is 3.19. The van der Waals surface area contributed by atoms with Gasteiger partial charge in [0.1, 0.15) is 12.4 Å². The molecule has 0 N–H and O–H groups in total. The fraction of sp³-hybridized carbons (Fsp3) is 0.364. The molecule has 0 unspecified atom stereocenters. The molecular formula is C22H25NO4. The highest BCUT2D eigenvalue weighted by Gasteiger charge is 2.28. The monoisotopic (exact) mass is 367 g/mol. The second-order valence-electron chi connectivity index (χ2n) is 6.62. The third-order valence-corrected chi connectivity index (χ3v) is 4.75. The third-order valence-electron chi connectivity index (χ3n) is 4.75. The number of para-hydroxylation sites is 1. The topological polar surface area (TPSA) is 55.8 Å². The summed E-state index contributed by atoms with van der Waals surface area (Å²) in [4.78, 5) is 26.3. The van der Waals surface area contributed by atoms with Crippen molar-refractivity contribution < 1.29 is 19.1 Å². The number of esters is 1. The Balaban J connectivity index is 1.51. The molecule has 142 valence electrons. The fourth-order valence-corrected chi connectivity index (χ4v) is 3.19. The largest absolute Gasteiger partial charge is 0.489 e. The average molecular weight is 367 g/mol. The number of benzene rings is 2. The molecule has 2 aromatic rings. The number of ether oxygens (including phenoxy) is 2. The minimum absolute atomic E-state index is 0.00726. The predicted molar refractivity (Wildman–Crippen MR) is 102 cm³/mol. The number of nitrogens with zero attached hydrogens (tertiary/aromatic N) is 1. The second-order valence-corrected chi connectivity index (χ2v) is 6.62. The molecule has 2 aromatic carbocycles. The molecular weight excluding hydrogens is 342 g/mol. The molecule has 1 fully saturated rings. The molecule has 0 atom stereocenters. The molecule has 1 amide bonds. The van der Waals surface area contributed by atoms with Crippen molar-refractivity contribution in [1.82, 2.24) is 4.90 Å². The maximum Gasteiger partial charge on any atom is 0.309 e. The van der Waals surface area contributed by atoms with Crippen molar-refractivity contribution in [3.63, 3.8) is 0 Å². The quantitative estimate of drug-likeness (QED) is 0.731. The number of rotatable bonds is 6. The summed E-state index contributed by atoms with van der Waals surface area (Å²) in [6.07, 6.45) is 1.32. The zero-order valence-electron chi connectivity index (χ0n) is 15.6. The Morgan fingerprint density at radius 3 is 2.30 bits per heavy atom. The summed E-state index contributed by atoms with van der Waals surface area (Å²) in [6.45, 7) is 3.84. The maximum absolute atomic E-state index is 12.7. The molecule has 3 rings (SSSR count). The van der Waals surface area contributed by atoms with Crippen molar-refractivity contribution in [2.45, 2.75) is 26.4 Å². The number of likely N-dealkylation sites (tertiary alicyclic amines) is 1. The molecule has 0 aromatic heterocycles. The molecule has 1 saturated heterocycles. The Morgan fingerprint density at radius 2 is 1.67 bits per heavy atom. The summed E-state index contributed by atoms with van der Waals surface area (Å²) in [7, 11) is 0. The van der Waals surface area contributed by atoms with Crippen molar-refractivity contribution in [3.05, 3.63) is 65.7 Å². The number of hydrogen-bond acceptors (Lipinski definition) is 4. The summed E-state index contributed by atoms with van der Waals surface area (Å²) in [5.41, 5.74) is 1.67. The van der Waals surface area contributed by atoms with Crippen molar-refractivity contribution in [2.24, 2.45) is 5.92 Å². The normalized spacial score (nSPS) is 14.6. The highest BCUT2D eigenvalue weighted by molar-refractivity contribution is 5.94. The molecule has 0 saturated carbocycles. The van der Waals surface area contributed by atoms with Gasteiger partial charge in [0, 0.05) is 18.7 Å². The van der Waals surface area contributed by atoms with Gasteiger partial charge in [0.25, 0.3) is 5.91 Å². The highest BCUT2D eigenvalue weighted by atomic mass is 16.5. The second kappa shape index (κ2) is 9.21. The molecule has 0 radical (unpaired) electrons. The van der Waals surface area contributed by atoms with E-state index in [1.165, 1.54) is 0 Å². The van der Waals surface area contributed by atoms with Crippen molar-refractivity contribution in [3.8, 4) is 5.75 Å². The first-order valence-corrected chi connectivity index (χ1v) is 9.40. The van der Waals surface area contributed by atoms with Crippen LogP contribution in [0.1, 0.15) is 35.7 Å². The van der Waals surface area contributed by atoms with E-state index in [1.54, 1.807) is 0 Å². The van der Waals surface area contributed by atoms with Gasteiger partial charge in [0.05, 0.1) is 12.5 Å². The lowest BCUT2D eigenvalue weighted by Gasteiger charge is -2.31. The van der Waals surface area contributed by atoms with Gasteiger partial charge in [-0.3, -0.25) is 9.59 Å². The van der Waals surface area contributed by atoms with Gasteiger partial charge in [0.2, 0.25) is 0 Å². The van der Waals surface area contributed by atoms with E-state index in [2.05, 4.69) is 0 Å². The molecule has 5 nitrogen and oxygen atoms in total. The van der Waals surface area contributed by atoms with Gasteiger partial charge < -0.3 is 14.4 Å². The van der Waals surface area contributed by atoms with Gasteiger partial charge in [-0.05, 0) is 49.6 Å². The summed E-state index contributed by atoms with van der Waals surface area (Å²) >= 11 is 0. The van der Waals surface area contributed by atoms with Crippen LogP contribution in [0, 0.1) is 5.92 Å². The minimum Gasteiger partial charge on any atom is -0.489 e. The van der Waals surface area contributed by atoms with E-state index in [-0.39, 0.29) is 17.8 Å². The van der Waals surface area contributed by atoms with Gasteiger partial charge in [-0.15, -0.1) is 0 Å². The van der Waals surface area contributed by atoms with Gasteiger partial charge >= 0.3 is 5.97 Å². The van der Waals surface area contributed by atoms with Gasteiger partial charge in [0.15, 0.2) is 0 Å². The van der Waals surface area contributed by atoms with Crippen LogP contribution >= 0.6 is 0 Å². The summed E-state index contributed by atoms with van der Waals surface area (Å²) in [6, 6.07) is 17.2. The SMILES string of the molecule is CCOC(=O)C1CCN(C(=O)c2ccc(COc3ccccc3)cc2)CC1. The smallest absolute Gasteiger partial charge is 0.309 e. The molecule has 0 spiro atoms. The molecule has 0 aliphatic carbocycles. The van der Waals surface area contributed by atoms with Crippen molar-refractivity contribution in [2.75, 3.05) is 19.7 Å². The molecule has 1 aliphatic rings. The van der Waals surface area contributed by atoms with Crippen LogP contribution in [0.25, 0.3) is 0 Å². The summed E-state index contributed by atoms with van der Waals surface area (Å²) in [5.74, 6) is 0.592. The van der Waals surface area contributed by atoms with Crippen LogP contribution in [0.2, 0.25) is 0 Å². The van der Waals surface area contributed by atoms with E-state index in [0.29, 0.717) is 44.7 Å². The van der Waals surface area contributed by atoms with Gasteiger partial charge in [-0.2, -0.15) is 0 Å². The van der Waals surface area contributed by atoms with Crippen molar-refractivity contribution >= 4 is 11.9 Å². The number of piperidine rings is 1. The Morgan fingerprint density at radius 1 is 1.00 bits per heavy atom. The average Bonchev–Trinajstić information content (AvgIpc) is 2.73. The number of amides is 1. The minimum atomic E-state index is -0.146. The third kappa shape index (κ3) is 5.09. The first-order valence-electron chi connectivity index (χ1n) is 9.40. The molecule has 1 heterocycles. The summed E-state index contributed by atoms with van der Waals surface area (Å²) in [5, 5.41) is 0. The van der Waals surface area contributed by atoms with E-state index in [1.807, 2.05) is 66.4 Å². The Bertz CT molecular complexity index is 750. The lowest BCUT2D eigenvalue weighted by Crippen LogP contribution is -2.40. The number of hydrogen-bond donors (Lipinski definition) is 0. The van der Waals surface area contributed by atoms with E-state index >= 15 is 0 Å². The first-order chi connectivity index (χ1) is 13.2. The predicted octanol–water partition coefficient (Wildman–Crippen LogP) is 3.68. The van der Waals surface area contributed by atoms with E-state index < -0.39 is 0 Å². The zero-order chi connectivity index (χ0) is 19.1. The van der Waals surface area contributed by atoms with E-state index in [0.717, 1.165) is 11.3 Å². The Kier molecular flexibility index (Phi) is 6.47. The van der Waals surface area contributed by atoms with Crippen LogP contribution in [-0.4, -0.2) is 36.5 Å². The maximum atomic E-state index is 12.7. The lowest BCUT2D eigenvalue weighted by molar-refractivity contribution is -0.149. The lowest BCUT2D eigenvalue weighted by atomic mass is 9.96. The zero-order valence-corrected chi connectivity index (χ0v) is 15.6. The van der Waals surface area contributed by atoms with Crippen LogP contribution in [0.5, 0.6) is 5.75 Å². The van der Waals surface area contributed by atoms with E-state index in [9.17, 15) is 9.59 Å². The van der Waals surface area contributed by atoms with Crippen LogP contribution in [0.4, 0.5) is 0 Å². The van der Waals surface area contributed by atoms with Crippen LogP contribution < -0.4 is 4.74 Å². The number of carbonyl (C=O) groups excluding carboxylic acids is 2. The number of carbonyl (C=O) groups is 2. The molecule has 1 aliphatic heterocycles. The molecule has 27 heavy (non-hydrogen) atoms. The van der Waals surface area contributed by atoms with E-state index in [4.69, 9.17) is 9.47 Å². The van der Waals surface area contributed by atoms with Gasteiger partial charge in [-0.1, -0.05) is 30.3 Å². The Labute approximate surface area is 159 Å². The van der Waals surface area contributed by atoms with Crippen molar-refractivity contribution in [1.29, 1.82) is 0 Å². The molecule has 0 bridgehead atoms. The highest BCUT2D eigenvalue weighted by Crippen LogP contribution is 2.21. The van der Waals surface area contributed by atoms with Crippen LogP contribution in [-0.2, 0) is 16.1 Å². The first kappa shape index (κ1) is 19.0. The van der Waals surface area contributed by atoms with Crippen LogP contribution in [0.3, 0.4) is 0 Å². The van der Waals surface area contributed by atoms with Crippen LogP contribution in [0.15, 0.2) is 54.6 Å². The summed E-state index contributed by atoms with van der Waals surface area (Å²) < 4.78 is 10.8. The van der Waals surface area contributed by atoms with Gasteiger partial charge in [-0.25, -0.2) is 0 Å². The Hall–Kier alpha value is -2.82.